The molecule has 0 saturated carbocycles. The van der Waals surface area contributed by atoms with Gasteiger partial charge in [-0.1, -0.05) is 12.1 Å². The molecule has 1 saturated heterocycles. The van der Waals surface area contributed by atoms with Crippen LogP contribution in [0.2, 0.25) is 0 Å². The highest BCUT2D eigenvalue weighted by Gasteiger charge is 2.19. The van der Waals surface area contributed by atoms with Crippen LogP contribution in [0.4, 0.5) is 5.69 Å². The van der Waals surface area contributed by atoms with Gasteiger partial charge in [-0.05, 0) is 30.5 Å². The predicted molar refractivity (Wildman–Crippen MR) is 62.0 cm³/mol. The summed E-state index contributed by atoms with van der Waals surface area (Å²) < 4.78 is 0. The van der Waals surface area contributed by atoms with Crippen molar-refractivity contribution in [3.63, 3.8) is 0 Å². The van der Waals surface area contributed by atoms with Gasteiger partial charge in [0.25, 0.3) is 0 Å². The van der Waals surface area contributed by atoms with Crippen molar-refractivity contribution in [3.05, 3.63) is 29.8 Å². The highest BCUT2D eigenvalue weighted by Crippen LogP contribution is 2.21. The summed E-state index contributed by atoms with van der Waals surface area (Å²) in [5.74, 6) is 0.208. The summed E-state index contributed by atoms with van der Waals surface area (Å²) in [5, 5.41) is 8.57. The van der Waals surface area contributed by atoms with Gasteiger partial charge in [0.2, 0.25) is 5.91 Å². The molecule has 82 valence electrons. The molecule has 1 aromatic carbocycles. The van der Waals surface area contributed by atoms with E-state index in [1.165, 1.54) is 0 Å². The van der Waals surface area contributed by atoms with Gasteiger partial charge in [0, 0.05) is 18.7 Å². The quantitative estimate of drug-likeness (QED) is 0.758. The zero-order valence-corrected chi connectivity index (χ0v) is 9.15. The molecule has 1 aliphatic heterocycles. The van der Waals surface area contributed by atoms with Crippen LogP contribution in [0.25, 0.3) is 0 Å². The van der Waals surface area contributed by atoms with Gasteiger partial charge in [-0.3, -0.25) is 4.79 Å². The molecule has 1 amide bonds. The molecule has 0 N–H and O–H groups in total. The van der Waals surface area contributed by atoms with E-state index in [-0.39, 0.29) is 5.91 Å². The molecule has 0 atom stereocenters. The lowest BCUT2D eigenvalue weighted by Crippen LogP contribution is -2.35. The summed E-state index contributed by atoms with van der Waals surface area (Å²) in [7, 11) is 0. The van der Waals surface area contributed by atoms with E-state index in [0.717, 1.165) is 30.6 Å². The summed E-state index contributed by atoms with van der Waals surface area (Å²) in [6.07, 6.45) is 3.15. The first-order valence-corrected chi connectivity index (χ1v) is 5.57. The Morgan fingerprint density at radius 3 is 2.62 bits per heavy atom. The number of benzene rings is 1. The molecule has 1 heterocycles. The van der Waals surface area contributed by atoms with Crippen LogP contribution in [-0.2, 0) is 11.2 Å². The normalized spacial score (nSPS) is 15.9. The molecule has 3 heteroatoms. The first-order valence-electron chi connectivity index (χ1n) is 5.57. The number of amides is 1. The highest BCUT2D eigenvalue weighted by molar-refractivity contribution is 5.93. The van der Waals surface area contributed by atoms with E-state index < -0.39 is 0 Å². The van der Waals surface area contributed by atoms with Gasteiger partial charge >= 0.3 is 0 Å². The zero-order chi connectivity index (χ0) is 11.4. The minimum absolute atomic E-state index is 0.208. The molecule has 0 aliphatic carbocycles. The lowest BCUT2D eigenvalue weighted by Gasteiger charge is -2.26. The fourth-order valence-corrected chi connectivity index (χ4v) is 1.96. The predicted octanol–water partition coefficient (Wildman–Crippen LogP) is 2.27. The van der Waals surface area contributed by atoms with Crippen LogP contribution >= 0.6 is 0 Å². The number of nitriles is 1. The summed E-state index contributed by atoms with van der Waals surface area (Å²) in [6, 6.07) is 9.80. The maximum absolute atomic E-state index is 11.7. The van der Waals surface area contributed by atoms with Crippen molar-refractivity contribution in [2.75, 3.05) is 11.4 Å². The van der Waals surface area contributed by atoms with Crippen molar-refractivity contribution in [2.24, 2.45) is 0 Å². The first-order chi connectivity index (χ1) is 7.81. The van der Waals surface area contributed by atoms with Crippen molar-refractivity contribution in [3.8, 4) is 6.07 Å². The Labute approximate surface area is 95.3 Å². The molecule has 3 nitrogen and oxygen atoms in total. The lowest BCUT2D eigenvalue weighted by molar-refractivity contribution is -0.119. The Morgan fingerprint density at radius 2 is 2.00 bits per heavy atom. The molecule has 0 aromatic heterocycles. The standard InChI is InChI=1S/C13H14N2O/c14-9-8-11-4-6-12(7-5-11)15-10-2-1-3-13(15)16/h4-7H,1-3,8,10H2. The van der Waals surface area contributed by atoms with Gasteiger partial charge in [-0.2, -0.15) is 5.26 Å². The fraction of sp³-hybridized carbons (Fsp3) is 0.385. The Hall–Kier alpha value is -1.82. The topological polar surface area (TPSA) is 44.1 Å². The van der Waals surface area contributed by atoms with Crippen molar-refractivity contribution in [2.45, 2.75) is 25.7 Å². The molecule has 0 unspecified atom stereocenters. The molecule has 1 aromatic rings. The van der Waals surface area contributed by atoms with E-state index in [0.29, 0.717) is 12.8 Å². The Morgan fingerprint density at radius 1 is 1.25 bits per heavy atom. The van der Waals surface area contributed by atoms with Crippen LogP contribution in [0.15, 0.2) is 24.3 Å². The van der Waals surface area contributed by atoms with Gasteiger partial charge in [-0.25, -0.2) is 0 Å². The Balaban J connectivity index is 2.14. The second-order valence-electron chi connectivity index (χ2n) is 4.00. The molecule has 0 radical (unpaired) electrons. The molecular formula is C13H14N2O. The van der Waals surface area contributed by atoms with Gasteiger partial charge in [0.15, 0.2) is 0 Å². The zero-order valence-electron chi connectivity index (χ0n) is 9.15. The second kappa shape index (κ2) is 4.80. The first kappa shape index (κ1) is 10.7. The van der Waals surface area contributed by atoms with Crippen LogP contribution in [0, 0.1) is 11.3 Å². The number of hydrogen-bond donors (Lipinski definition) is 0. The Bertz CT molecular complexity index is 417. The summed E-state index contributed by atoms with van der Waals surface area (Å²) in [5.41, 5.74) is 1.95. The fourth-order valence-electron chi connectivity index (χ4n) is 1.96. The molecular weight excluding hydrogens is 200 g/mol. The molecule has 2 rings (SSSR count). The van der Waals surface area contributed by atoms with Crippen LogP contribution in [0.3, 0.4) is 0 Å². The monoisotopic (exact) mass is 214 g/mol. The van der Waals surface area contributed by atoms with Gasteiger partial charge in [-0.15, -0.1) is 0 Å². The third kappa shape index (κ3) is 2.22. The minimum atomic E-state index is 0.208. The van der Waals surface area contributed by atoms with E-state index in [2.05, 4.69) is 6.07 Å². The number of nitrogens with zero attached hydrogens (tertiary/aromatic N) is 2. The summed E-state index contributed by atoms with van der Waals surface area (Å²) in [4.78, 5) is 13.5. The SMILES string of the molecule is N#CCc1ccc(N2CCCCC2=O)cc1. The summed E-state index contributed by atoms with van der Waals surface area (Å²) >= 11 is 0. The number of carbonyl (C=O) groups excluding carboxylic acids is 1. The molecule has 0 spiro atoms. The average molecular weight is 214 g/mol. The molecule has 16 heavy (non-hydrogen) atoms. The number of carbonyl (C=O) groups is 1. The summed E-state index contributed by atoms with van der Waals surface area (Å²) in [6.45, 7) is 0.816. The third-order valence-corrected chi connectivity index (χ3v) is 2.85. The molecule has 1 fully saturated rings. The molecule has 0 bridgehead atoms. The minimum Gasteiger partial charge on any atom is -0.312 e. The van der Waals surface area contributed by atoms with E-state index in [4.69, 9.17) is 5.26 Å². The number of anilines is 1. The highest BCUT2D eigenvalue weighted by atomic mass is 16.2. The maximum Gasteiger partial charge on any atom is 0.226 e. The van der Waals surface area contributed by atoms with Gasteiger partial charge < -0.3 is 4.90 Å². The van der Waals surface area contributed by atoms with Gasteiger partial charge in [0.05, 0.1) is 12.5 Å². The van der Waals surface area contributed by atoms with E-state index in [1.807, 2.05) is 29.2 Å². The van der Waals surface area contributed by atoms with Crippen molar-refractivity contribution in [1.29, 1.82) is 5.26 Å². The smallest absolute Gasteiger partial charge is 0.226 e. The van der Waals surface area contributed by atoms with Crippen LogP contribution in [0.5, 0.6) is 0 Å². The van der Waals surface area contributed by atoms with Crippen molar-refractivity contribution >= 4 is 11.6 Å². The third-order valence-electron chi connectivity index (χ3n) is 2.85. The van der Waals surface area contributed by atoms with Crippen LogP contribution in [-0.4, -0.2) is 12.5 Å². The van der Waals surface area contributed by atoms with E-state index in [9.17, 15) is 4.79 Å². The van der Waals surface area contributed by atoms with Crippen molar-refractivity contribution < 1.29 is 4.79 Å². The van der Waals surface area contributed by atoms with E-state index >= 15 is 0 Å². The maximum atomic E-state index is 11.7. The van der Waals surface area contributed by atoms with Gasteiger partial charge in [0.1, 0.15) is 0 Å². The van der Waals surface area contributed by atoms with Crippen LogP contribution in [0.1, 0.15) is 24.8 Å². The second-order valence-corrected chi connectivity index (χ2v) is 4.00. The van der Waals surface area contributed by atoms with Crippen LogP contribution < -0.4 is 4.90 Å². The van der Waals surface area contributed by atoms with E-state index in [1.54, 1.807) is 0 Å². The molecule has 1 aliphatic rings. The number of piperidine rings is 1. The number of hydrogen-bond acceptors (Lipinski definition) is 2. The largest absolute Gasteiger partial charge is 0.312 e. The lowest BCUT2D eigenvalue weighted by atomic mass is 10.1. The average Bonchev–Trinajstić information content (AvgIpc) is 2.31. The Kier molecular flexibility index (Phi) is 3.21. The number of rotatable bonds is 2. The van der Waals surface area contributed by atoms with Crippen molar-refractivity contribution in [1.82, 2.24) is 0 Å².